The van der Waals surface area contributed by atoms with Crippen molar-refractivity contribution in [2.45, 2.75) is 6.92 Å². The van der Waals surface area contributed by atoms with Gasteiger partial charge < -0.3 is 15.3 Å². The summed E-state index contributed by atoms with van der Waals surface area (Å²) in [6.45, 7) is 3.29. The monoisotopic (exact) mass is 385 g/mol. The average Bonchev–Trinajstić information content (AvgIpc) is 2.69. The number of aromatic carboxylic acids is 1. The first-order chi connectivity index (χ1) is 13.0. The van der Waals surface area contributed by atoms with Gasteiger partial charge in [0.2, 0.25) is 0 Å². The Balaban J connectivity index is 1.74. The van der Waals surface area contributed by atoms with Crippen LogP contribution in [0.4, 0.5) is 5.69 Å². The number of carbonyl (C=O) groups is 3. The molecule has 1 aliphatic heterocycles. The van der Waals surface area contributed by atoms with Crippen molar-refractivity contribution in [1.82, 2.24) is 9.88 Å². The fraction of sp³-hybridized carbons (Fsp3) is 0.263. The van der Waals surface area contributed by atoms with Gasteiger partial charge in [-0.1, -0.05) is 6.07 Å². The number of thioether (sulfide) groups is 1. The van der Waals surface area contributed by atoms with E-state index in [1.807, 2.05) is 16.7 Å². The molecule has 0 atom stereocenters. The van der Waals surface area contributed by atoms with Crippen LogP contribution in [0.1, 0.15) is 36.9 Å². The van der Waals surface area contributed by atoms with Crippen LogP contribution in [0.25, 0.3) is 0 Å². The summed E-state index contributed by atoms with van der Waals surface area (Å²) in [6, 6.07) is 9.36. The Morgan fingerprint density at radius 2 is 1.81 bits per heavy atom. The SMILES string of the molecule is Cc1cc(C(=O)N2CCSCC2)ccc1NC(=O)c1cccc(C(=O)O)n1. The third-order valence-electron chi connectivity index (χ3n) is 4.22. The number of carbonyl (C=O) groups excluding carboxylic acids is 2. The fourth-order valence-electron chi connectivity index (χ4n) is 2.75. The zero-order chi connectivity index (χ0) is 19.4. The maximum absolute atomic E-state index is 12.6. The fourth-order valence-corrected chi connectivity index (χ4v) is 3.66. The summed E-state index contributed by atoms with van der Waals surface area (Å²) in [4.78, 5) is 41.6. The maximum Gasteiger partial charge on any atom is 0.354 e. The Bertz CT molecular complexity index is 894. The first kappa shape index (κ1) is 18.9. The Hall–Kier alpha value is -2.87. The quantitative estimate of drug-likeness (QED) is 0.839. The number of nitrogens with zero attached hydrogens (tertiary/aromatic N) is 2. The molecule has 3 rings (SSSR count). The van der Waals surface area contributed by atoms with Gasteiger partial charge in [-0.2, -0.15) is 11.8 Å². The molecule has 8 heteroatoms. The van der Waals surface area contributed by atoms with Gasteiger partial charge in [0.1, 0.15) is 11.4 Å². The van der Waals surface area contributed by atoms with E-state index in [0.717, 1.165) is 30.2 Å². The molecule has 0 unspecified atom stereocenters. The number of carboxylic acids is 1. The van der Waals surface area contributed by atoms with Gasteiger partial charge in [0, 0.05) is 35.8 Å². The number of pyridine rings is 1. The molecule has 0 radical (unpaired) electrons. The standard InChI is InChI=1S/C19H19N3O4S/c1-12-11-13(18(24)22-7-9-27-10-8-22)5-6-14(12)21-17(23)15-3-2-4-16(20-15)19(25)26/h2-6,11H,7-10H2,1H3,(H,21,23)(H,25,26). The van der Waals surface area contributed by atoms with Crippen molar-refractivity contribution in [2.24, 2.45) is 0 Å². The van der Waals surface area contributed by atoms with E-state index in [-0.39, 0.29) is 17.3 Å². The molecule has 1 aromatic carbocycles. The topological polar surface area (TPSA) is 99.6 Å². The molecule has 1 aliphatic rings. The highest BCUT2D eigenvalue weighted by atomic mass is 32.2. The molecule has 2 N–H and O–H groups in total. The summed E-state index contributed by atoms with van der Waals surface area (Å²) in [6.07, 6.45) is 0. The van der Waals surface area contributed by atoms with Crippen LogP contribution < -0.4 is 5.32 Å². The molecule has 1 saturated heterocycles. The minimum atomic E-state index is -1.19. The highest BCUT2D eigenvalue weighted by Gasteiger charge is 2.19. The van der Waals surface area contributed by atoms with Crippen molar-refractivity contribution in [3.8, 4) is 0 Å². The molecule has 2 amide bonds. The van der Waals surface area contributed by atoms with Gasteiger partial charge in [0.05, 0.1) is 0 Å². The second-order valence-corrected chi connectivity index (χ2v) is 7.33. The number of aryl methyl sites for hydroxylation is 1. The first-order valence-electron chi connectivity index (χ1n) is 8.45. The minimum Gasteiger partial charge on any atom is -0.477 e. The number of carboxylic acid groups (broad SMARTS) is 1. The van der Waals surface area contributed by atoms with Crippen molar-refractivity contribution >= 4 is 35.2 Å². The number of amides is 2. The first-order valence-corrected chi connectivity index (χ1v) is 9.60. The van der Waals surface area contributed by atoms with E-state index in [1.54, 1.807) is 25.1 Å². The Labute approximate surface area is 160 Å². The lowest BCUT2D eigenvalue weighted by atomic mass is 10.1. The van der Waals surface area contributed by atoms with Crippen molar-refractivity contribution in [2.75, 3.05) is 29.9 Å². The second kappa shape index (κ2) is 8.22. The largest absolute Gasteiger partial charge is 0.477 e. The molecule has 7 nitrogen and oxygen atoms in total. The predicted octanol–water partition coefficient (Wildman–Crippen LogP) is 2.53. The zero-order valence-electron chi connectivity index (χ0n) is 14.8. The number of aromatic nitrogens is 1. The van der Waals surface area contributed by atoms with Crippen LogP contribution in [0, 0.1) is 6.92 Å². The number of hydrogen-bond acceptors (Lipinski definition) is 5. The summed E-state index contributed by atoms with van der Waals surface area (Å²) in [5.41, 5.74) is 1.70. The Morgan fingerprint density at radius 3 is 2.48 bits per heavy atom. The van der Waals surface area contributed by atoms with Gasteiger partial charge in [0.15, 0.2) is 0 Å². The molecule has 0 aliphatic carbocycles. The van der Waals surface area contributed by atoms with Crippen LogP contribution >= 0.6 is 11.8 Å². The summed E-state index contributed by atoms with van der Waals surface area (Å²) in [5.74, 6) is 0.183. The summed E-state index contributed by atoms with van der Waals surface area (Å²) in [5, 5.41) is 11.7. The van der Waals surface area contributed by atoms with E-state index in [1.165, 1.54) is 18.2 Å². The molecule has 1 fully saturated rings. The molecule has 2 heterocycles. The summed E-state index contributed by atoms with van der Waals surface area (Å²) in [7, 11) is 0. The summed E-state index contributed by atoms with van der Waals surface area (Å²) >= 11 is 1.84. The van der Waals surface area contributed by atoms with Gasteiger partial charge >= 0.3 is 5.97 Å². The van der Waals surface area contributed by atoms with Gasteiger partial charge in [-0.05, 0) is 42.8 Å². The minimum absolute atomic E-state index is 0.00731. The van der Waals surface area contributed by atoms with Crippen LogP contribution in [-0.2, 0) is 0 Å². The predicted molar refractivity (Wildman–Crippen MR) is 104 cm³/mol. The number of anilines is 1. The third kappa shape index (κ3) is 4.46. The number of benzene rings is 1. The highest BCUT2D eigenvalue weighted by molar-refractivity contribution is 7.99. The molecule has 0 spiro atoms. The summed E-state index contributed by atoms with van der Waals surface area (Å²) < 4.78 is 0. The van der Waals surface area contributed by atoms with Gasteiger partial charge in [-0.25, -0.2) is 9.78 Å². The molecule has 1 aromatic heterocycles. The Kier molecular flexibility index (Phi) is 5.75. The molecule has 2 aromatic rings. The maximum atomic E-state index is 12.6. The van der Waals surface area contributed by atoms with E-state index in [2.05, 4.69) is 10.3 Å². The molecule has 0 bridgehead atoms. The van der Waals surface area contributed by atoms with Gasteiger partial charge in [-0.15, -0.1) is 0 Å². The molecule has 140 valence electrons. The molecular formula is C19H19N3O4S. The van der Waals surface area contributed by atoms with Gasteiger partial charge in [0.25, 0.3) is 11.8 Å². The van der Waals surface area contributed by atoms with Crippen molar-refractivity contribution in [1.29, 1.82) is 0 Å². The van der Waals surface area contributed by atoms with Crippen LogP contribution in [0.5, 0.6) is 0 Å². The number of nitrogens with one attached hydrogen (secondary N) is 1. The van der Waals surface area contributed by atoms with Crippen LogP contribution in [-0.4, -0.2) is 57.4 Å². The third-order valence-corrected chi connectivity index (χ3v) is 5.16. The van der Waals surface area contributed by atoms with Crippen LogP contribution in [0.3, 0.4) is 0 Å². The normalized spacial score (nSPS) is 13.9. The molecule has 0 saturated carbocycles. The second-order valence-electron chi connectivity index (χ2n) is 6.10. The van der Waals surface area contributed by atoms with E-state index < -0.39 is 11.9 Å². The van der Waals surface area contributed by atoms with E-state index in [4.69, 9.17) is 5.11 Å². The lowest BCUT2D eigenvalue weighted by molar-refractivity contribution is 0.0689. The number of rotatable bonds is 4. The average molecular weight is 385 g/mol. The van der Waals surface area contributed by atoms with E-state index >= 15 is 0 Å². The lowest BCUT2D eigenvalue weighted by Gasteiger charge is -2.26. The smallest absolute Gasteiger partial charge is 0.354 e. The lowest BCUT2D eigenvalue weighted by Crippen LogP contribution is -2.37. The molecule has 27 heavy (non-hydrogen) atoms. The van der Waals surface area contributed by atoms with Crippen molar-refractivity contribution < 1.29 is 19.5 Å². The van der Waals surface area contributed by atoms with Gasteiger partial charge in [-0.3, -0.25) is 9.59 Å². The van der Waals surface area contributed by atoms with Crippen molar-refractivity contribution in [3.05, 3.63) is 58.9 Å². The van der Waals surface area contributed by atoms with E-state index in [9.17, 15) is 14.4 Å². The van der Waals surface area contributed by atoms with Crippen LogP contribution in [0.15, 0.2) is 36.4 Å². The van der Waals surface area contributed by atoms with E-state index in [0.29, 0.717) is 11.3 Å². The van der Waals surface area contributed by atoms with Crippen LogP contribution in [0.2, 0.25) is 0 Å². The Morgan fingerprint density at radius 1 is 1.11 bits per heavy atom. The zero-order valence-corrected chi connectivity index (χ0v) is 15.6. The highest BCUT2D eigenvalue weighted by Crippen LogP contribution is 2.20. The van der Waals surface area contributed by atoms with Crippen molar-refractivity contribution in [3.63, 3.8) is 0 Å². The number of hydrogen-bond donors (Lipinski definition) is 2. The molecular weight excluding hydrogens is 366 g/mol.